The lowest BCUT2D eigenvalue weighted by molar-refractivity contribution is 0.0690. The van der Waals surface area contributed by atoms with Crippen LogP contribution in [0.4, 0.5) is 0 Å². The van der Waals surface area contributed by atoms with Crippen molar-refractivity contribution < 1.29 is 24.6 Å². The highest BCUT2D eigenvalue weighted by Crippen LogP contribution is 2.31. The summed E-state index contributed by atoms with van der Waals surface area (Å²) < 4.78 is 12.0. The SMILES string of the molecule is CCCc1nc(Cc2cccc(Oc3ccccc3)c2)c(C)c(C(=O)O)c1OCc1ccccc1.O=NO. The van der Waals surface area contributed by atoms with Crippen LogP contribution in [-0.4, -0.2) is 21.3 Å². The van der Waals surface area contributed by atoms with Crippen molar-refractivity contribution in [2.24, 2.45) is 5.34 Å². The minimum absolute atomic E-state index is 0.186. The van der Waals surface area contributed by atoms with Crippen LogP contribution in [0, 0.1) is 11.8 Å². The van der Waals surface area contributed by atoms with Crippen LogP contribution < -0.4 is 9.47 Å². The summed E-state index contributed by atoms with van der Waals surface area (Å²) in [6.07, 6.45) is 1.96. The second kappa shape index (κ2) is 14.1. The number of carboxylic acid groups (broad SMARTS) is 1. The number of aromatic nitrogens is 1. The highest BCUT2D eigenvalue weighted by atomic mass is 16.6. The van der Waals surface area contributed by atoms with Gasteiger partial charge in [0.1, 0.15) is 23.7 Å². The van der Waals surface area contributed by atoms with E-state index in [9.17, 15) is 9.90 Å². The number of para-hydroxylation sites is 1. The Balaban J connectivity index is 0.00000127. The van der Waals surface area contributed by atoms with E-state index in [0.717, 1.165) is 34.7 Å². The summed E-state index contributed by atoms with van der Waals surface area (Å²) in [6.45, 7) is 4.14. The lowest BCUT2D eigenvalue weighted by Crippen LogP contribution is -2.13. The van der Waals surface area contributed by atoms with Gasteiger partial charge in [0.25, 0.3) is 0 Å². The molecule has 0 fully saturated rings. The van der Waals surface area contributed by atoms with E-state index in [1.165, 1.54) is 5.34 Å². The van der Waals surface area contributed by atoms with Crippen LogP contribution >= 0.6 is 0 Å². The number of aromatic carboxylic acids is 1. The Hall–Kier alpha value is -4.72. The molecule has 0 spiro atoms. The molecule has 8 nitrogen and oxygen atoms in total. The molecule has 0 radical (unpaired) electrons. The van der Waals surface area contributed by atoms with E-state index < -0.39 is 5.97 Å². The zero-order valence-electron chi connectivity index (χ0n) is 21.3. The van der Waals surface area contributed by atoms with Crippen molar-refractivity contribution in [1.82, 2.24) is 4.98 Å². The summed E-state index contributed by atoms with van der Waals surface area (Å²) in [7, 11) is 0. The van der Waals surface area contributed by atoms with Gasteiger partial charge in [-0.2, -0.15) is 0 Å². The minimum Gasteiger partial charge on any atom is -0.486 e. The second-order valence-corrected chi connectivity index (χ2v) is 8.48. The quantitative estimate of drug-likeness (QED) is 0.170. The highest BCUT2D eigenvalue weighted by Gasteiger charge is 2.23. The molecule has 196 valence electrons. The van der Waals surface area contributed by atoms with Gasteiger partial charge in [-0.15, -0.1) is 4.91 Å². The Kier molecular flexibility index (Phi) is 10.4. The first-order valence-electron chi connectivity index (χ1n) is 12.2. The zero-order chi connectivity index (χ0) is 27.3. The van der Waals surface area contributed by atoms with Gasteiger partial charge in [0.2, 0.25) is 0 Å². The van der Waals surface area contributed by atoms with Crippen molar-refractivity contribution in [1.29, 1.82) is 0 Å². The molecule has 38 heavy (non-hydrogen) atoms. The molecule has 0 saturated carbocycles. The van der Waals surface area contributed by atoms with Gasteiger partial charge in [0.15, 0.2) is 11.1 Å². The Bertz CT molecular complexity index is 1340. The first-order valence-corrected chi connectivity index (χ1v) is 12.2. The van der Waals surface area contributed by atoms with Gasteiger partial charge in [0, 0.05) is 12.1 Å². The molecule has 4 aromatic rings. The van der Waals surface area contributed by atoms with Gasteiger partial charge >= 0.3 is 5.97 Å². The Labute approximate surface area is 221 Å². The van der Waals surface area contributed by atoms with E-state index in [4.69, 9.17) is 24.6 Å². The molecule has 0 amide bonds. The molecule has 0 atom stereocenters. The van der Waals surface area contributed by atoms with Gasteiger partial charge in [-0.05, 0) is 54.3 Å². The molecule has 0 aliphatic rings. The molecule has 0 aliphatic carbocycles. The molecule has 0 bridgehead atoms. The molecular weight excluding hydrogens is 484 g/mol. The maximum Gasteiger partial charge on any atom is 0.339 e. The van der Waals surface area contributed by atoms with Crippen molar-refractivity contribution in [3.05, 3.63) is 123 Å². The Morgan fingerprint density at radius 3 is 2.13 bits per heavy atom. The molecule has 1 heterocycles. The summed E-state index contributed by atoms with van der Waals surface area (Å²) in [5, 5.41) is 18.0. The summed E-state index contributed by atoms with van der Waals surface area (Å²) in [5.41, 5.74) is 4.18. The van der Waals surface area contributed by atoms with Gasteiger partial charge < -0.3 is 19.8 Å². The van der Waals surface area contributed by atoms with Crippen LogP contribution in [0.5, 0.6) is 17.2 Å². The van der Waals surface area contributed by atoms with Crippen LogP contribution in [0.1, 0.15) is 51.8 Å². The molecule has 8 heteroatoms. The number of ether oxygens (including phenoxy) is 2. The third kappa shape index (κ3) is 7.64. The summed E-state index contributed by atoms with van der Waals surface area (Å²) in [4.78, 5) is 25.4. The lowest BCUT2D eigenvalue weighted by Gasteiger charge is -2.18. The van der Waals surface area contributed by atoms with E-state index in [2.05, 4.69) is 0 Å². The predicted octanol–water partition coefficient (Wildman–Crippen LogP) is 7.14. The fraction of sp³-hybridized carbons (Fsp3) is 0.200. The van der Waals surface area contributed by atoms with E-state index in [1.54, 1.807) is 6.92 Å². The van der Waals surface area contributed by atoms with Gasteiger partial charge in [-0.3, -0.25) is 4.98 Å². The van der Waals surface area contributed by atoms with Crippen molar-refractivity contribution in [3.63, 3.8) is 0 Å². The van der Waals surface area contributed by atoms with Gasteiger partial charge in [0.05, 0.1) is 5.69 Å². The monoisotopic (exact) mass is 514 g/mol. The van der Waals surface area contributed by atoms with E-state index >= 15 is 0 Å². The van der Waals surface area contributed by atoms with Crippen molar-refractivity contribution >= 4 is 5.97 Å². The topological polar surface area (TPSA) is 118 Å². The first-order chi connectivity index (χ1) is 18.5. The average Bonchev–Trinajstić information content (AvgIpc) is 2.91. The molecule has 0 aliphatic heterocycles. The zero-order valence-corrected chi connectivity index (χ0v) is 21.3. The fourth-order valence-electron chi connectivity index (χ4n) is 4.01. The molecule has 1 aromatic heterocycles. The van der Waals surface area contributed by atoms with E-state index in [1.807, 2.05) is 91.9 Å². The first kappa shape index (κ1) is 27.9. The molecule has 3 aromatic carbocycles. The van der Waals surface area contributed by atoms with Crippen molar-refractivity contribution in [3.8, 4) is 17.2 Å². The smallest absolute Gasteiger partial charge is 0.339 e. The molecule has 4 rings (SSSR count). The number of nitrogens with zero attached hydrogens (tertiary/aromatic N) is 2. The second-order valence-electron chi connectivity index (χ2n) is 8.48. The molecule has 0 saturated heterocycles. The maximum absolute atomic E-state index is 12.3. The van der Waals surface area contributed by atoms with Gasteiger partial charge in [-0.1, -0.05) is 74.0 Å². The number of carbonyl (C=O) groups is 1. The average molecular weight is 515 g/mol. The predicted molar refractivity (Wildman–Crippen MR) is 144 cm³/mol. The molecular formula is C30H30N2O6. The third-order valence-electron chi connectivity index (χ3n) is 5.74. The molecule has 2 N–H and O–H groups in total. The molecule has 0 unspecified atom stereocenters. The minimum atomic E-state index is -1.01. The summed E-state index contributed by atoms with van der Waals surface area (Å²) >= 11 is 0. The van der Waals surface area contributed by atoms with Crippen LogP contribution in [0.2, 0.25) is 0 Å². The number of carboxylic acids is 1. The Morgan fingerprint density at radius 1 is 0.895 bits per heavy atom. The number of benzene rings is 3. The number of pyridine rings is 1. The largest absolute Gasteiger partial charge is 0.486 e. The van der Waals surface area contributed by atoms with Crippen LogP contribution in [0.25, 0.3) is 0 Å². The third-order valence-corrected chi connectivity index (χ3v) is 5.74. The van der Waals surface area contributed by atoms with E-state index in [0.29, 0.717) is 29.8 Å². The highest BCUT2D eigenvalue weighted by molar-refractivity contribution is 5.93. The standard InChI is InChI=1S/C30H29NO4.HNO2/c1-3-11-26-29(34-20-22-12-6-4-7-13-22)28(30(32)33)21(2)27(31-26)19-23-14-10-17-25(18-23)35-24-15-8-5-9-16-24;2-1-3/h4-10,12-18H,3,11,19-20H2,1-2H3,(H,32,33);(H,2,3). The number of aryl methyl sites for hydroxylation is 1. The number of hydrogen-bond donors (Lipinski definition) is 2. The van der Waals surface area contributed by atoms with Crippen LogP contribution in [-0.2, 0) is 19.4 Å². The van der Waals surface area contributed by atoms with E-state index in [-0.39, 0.29) is 12.2 Å². The maximum atomic E-state index is 12.3. The summed E-state index contributed by atoms with van der Waals surface area (Å²) in [5.74, 6) is 0.844. The fourth-order valence-corrected chi connectivity index (χ4v) is 4.01. The van der Waals surface area contributed by atoms with Crippen LogP contribution in [0.15, 0.2) is 90.3 Å². The van der Waals surface area contributed by atoms with Crippen molar-refractivity contribution in [2.75, 3.05) is 0 Å². The van der Waals surface area contributed by atoms with Crippen molar-refractivity contribution in [2.45, 2.75) is 39.7 Å². The van der Waals surface area contributed by atoms with Gasteiger partial charge in [-0.25, -0.2) is 4.79 Å². The number of rotatable bonds is 10. The Morgan fingerprint density at radius 2 is 1.50 bits per heavy atom. The van der Waals surface area contributed by atoms with Crippen LogP contribution in [0.3, 0.4) is 0 Å². The number of hydrogen-bond acceptors (Lipinski definition) is 6. The summed E-state index contributed by atoms with van der Waals surface area (Å²) in [6, 6.07) is 27.1. The lowest BCUT2D eigenvalue weighted by atomic mass is 9.98. The normalized spacial score (nSPS) is 10.2.